The molecule has 2 aromatic carbocycles. The molecular weight excluding hydrogens is 343 g/mol. The Morgan fingerprint density at radius 2 is 1.96 bits per heavy atom. The Balaban J connectivity index is 2.24. The summed E-state index contributed by atoms with van der Waals surface area (Å²) in [6, 6.07) is 9.44. The number of carbonyl (C=O) groups excluding carboxylic acids is 1. The Bertz CT molecular complexity index is 732. The van der Waals surface area contributed by atoms with Gasteiger partial charge in [0, 0.05) is 10.6 Å². The molecule has 0 fully saturated rings. The smallest absolute Gasteiger partial charge is 0.418 e. The van der Waals surface area contributed by atoms with Crippen LogP contribution < -0.4 is 10.1 Å². The quantitative estimate of drug-likeness (QED) is 0.778. The number of hydrogen-bond donors (Lipinski definition) is 1. The van der Waals surface area contributed by atoms with Crippen LogP contribution in [0.4, 0.5) is 18.9 Å². The molecule has 0 aliphatic heterocycles. The van der Waals surface area contributed by atoms with Crippen molar-refractivity contribution >= 4 is 23.2 Å². The largest absolute Gasteiger partial charge is 0.494 e. The Morgan fingerprint density at radius 3 is 2.62 bits per heavy atom. The molecular formula is C17H15ClF3NO2. The molecule has 0 unspecified atom stereocenters. The van der Waals surface area contributed by atoms with Gasteiger partial charge in [0.1, 0.15) is 5.75 Å². The number of nitrogens with one attached hydrogen (secondary N) is 1. The third-order valence-corrected chi connectivity index (χ3v) is 3.34. The first-order valence-electron chi connectivity index (χ1n) is 7.22. The van der Waals surface area contributed by atoms with E-state index in [1.165, 1.54) is 18.2 Å². The second-order valence-corrected chi connectivity index (χ2v) is 5.45. The highest BCUT2D eigenvalue weighted by molar-refractivity contribution is 6.30. The highest BCUT2D eigenvalue weighted by Gasteiger charge is 2.34. The zero-order chi connectivity index (χ0) is 17.7. The summed E-state index contributed by atoms with van der Waals surface area (Å²) < 4.78 is 44.6. The predicted octanol–water partition coefficient (Wildman–Crippen LogP) is 5.40. The van der Waals surface area contributed by atoms with Crippen molar-refractivity contribution < 1.29 is 22.7 Å². The number of alkyl halides is 3. The van der Waals surface area contributed by atoms with E-state index in [9.17, 15) is 18.0 Å². The van der Waals surface area contributed by atoms with Gasteiger partial charge in [-0.3, -0.25) is 4.79 Å². The van der Waals surface area contributed by atoms with Crippen LogP contribution in [0.1, 0.15) is 29.3 Å². The number of halogens is 4. The molecule has 128 valence electrons. The molecule has 3 nitrogen and oxygen atoms in total. The van der Waals surface area contributed by atoms with Crippen LogP contribution in [0.15, 0.2) is 42.5 Å². The number of anilines is 1. The molecule has 2 rings (SSSR count). The molecule has 0 spiro atoms. The van der Waals surface area contributed by atoms with E-state index in [1.807, 2.05) is 6.92 Å². The van der Waals surface area contributed by atoms with Gasteiger partial charge in [0.15, 0.2) is 0 Å². The number of hydrogen-bond acceptors (Lipinski definition) is 2. The second kappa shape index (κ2) is 7.57. The molecule has 1 N–H and O–H groups in total. The second-order valence-electron chi connectivity index (χ2n) is 5.02. The van der Waals surface area contributed by atoms with Crippen molar-refractivity contribution in [3.8, 4) is 5.75 Å². The first-order valence-corrected chi connectivity index (χ1v) is 7.60. The Kier molecular flexibility index (Phi) is 5.72. The number of benzene rings is 2. The molecule has 24 heavy (non-hydrogen) atoms. The first kappa shape index (κ1) is 18.1. The van der Waals surface area contributed by atoms with E-state index < -0.39 is 17.6 Å². The summed E-state index contributed by atoms with van der Waals surface area (Å²) in [5, 5.41) is 2.21. The normalized spacial score (nSPS) is 11.2. The number of amides is 1. The maximum atomic E-state index is 13.1. The molecule has 1 amide bonds. The predicted molar refractivity (Wildman–Crippen MR) is 86.6 cm³/mol. The molecule has 0 heterocycles. The highest BCUT2D eigenvalue weighted by Crippen LogP contribution is 2.36. The zero-order valence-electron chi connectivity index (χ0n) is 12.8. The van der Waals surface area contributed by atoms with Crippen LogP contribution in [-0.2, 0) is 6.18 Å². The third kappa shape index (κ3) is 4.64. The zero-order valence-corrected chi connectivity index (χ0v) is 13.5. The molecule has 0 aromatic heterocycles. The van der Waals surface area contributed by atoms with Crippen LogP contribution >= 0.6 is 11.6 Å². The molecule has 0 saturated heterocycles. The Hall–Kier alpha value is -2.21. The van der Waals surface area contributed by atoms with Gasteiger partial charge < -0.3 is 10.1 Å². The van der Waals surface area contributed by atoms with Crippen molar-refractivity contribution in [1.29, 1.82) is 0 Å². The van der Waals surface area contributed by atoms with Crippen molar-refractivity contribution in [2.45, 2.75) is 19.5 Å². The van der Waals surface area contributed by atoms with Crippen LogP contribution in [0.2, 0.25) is 5.02 Å². The van der Waals surface area contributed by atoms with Crippen molar-refractivity contribution in [3.05, 3.63) is 58.6 Å². The van der Waals surface area contributed by atoms with Crippen molar-refractivity contribution in [2.24, 2.45) is 0 Å². The van der Waals surface area contributed by atoms with Gasteiger partial charge >= 0.3 is 6.18 Å². The molecule has 7 heteroatoms. The van der Waals surface area contributed by atoms with Gasteiger partial charge in [0.05, 0.1) is 17.9 Å². The lowest BCUT2D eigenvalue weighted by Gasteiger charge is -2.14. The molecule has 2 aromatic rings. The lowest BCUT2D eigenvalue weighted by Crippen LogP contribution is -2.16. The summed E-state index contributed by atoms with van der Waals surface area (Å²) in [7, 11) is 0. The molecule has 0 saturated carbocycles. The maximum absolute atomic E-state index is 13.1. The third-order valence-electron chi connectivity index (χ3n) is 3.10. The first-order chi connectivity index (χ1) is 11.3. The lowest BCUT2D eigenvalue weighted by molar-refractivity contribution is -0.136. The van der Waals surface area contributed by atoms with Gasteiger partial charge in [-0.2, -0.15) is 13.2 Å². The standard InChI is InChI=1S/C17H15ClF3NO2/c1-2-8-24-13-5-3-4-11(9-13)16(23)22-15-7-6-12(18)10-14(15)17(19,20)21/h3-7,9-10H,2,8H2,1H3,(H,22,23). The van der Waals surface area contributed by atoms with E-state index in [-0.39, 0.29) is 16.3 Å². The summed E-state index contributed by atoms with van der Waals surface area (Å²) in [6.07, 6.45) is -3.82. The van der Waals surface area contributed by atoms with Crippen molar-refractivity contribution in [2.75, 3.05) is 11.9 Å². The van der Waals surface area contributed by atoms with Crippen molar-refractivity contribution in [1.82, 2.24) is 0 Å². The van der Waals surface area contributed by atoms with Crippen LogP contribution in [0.3, 0.4) is 0 Å². The van der Waals surface area contributed by atoms with Gasteiger partial charge in [-0.05, 0) is 42.8 Å². The van der Waals surface area contributed by atoms with E-state index in [0.717, 1.165) is 18.6 Å². The SMILES string of the molecule is CCCOc1cccc(C(=O)Nc2ccc(Cl)cc2C(F)(F)F)c1. The van der Waals surface area contributed by atoms with E-state index in [4.69, 9.17) is 16.3 Å². The fourth-order valence-electron chi connectivity index (χ4n) is 2.00. The minimum absolute atomic E-state index is 0.0599. The Morgan fingerprint density at radius 1 is 1.21 bits per heavy atom. The fraction of sp³-hybridized carbons (Fsp3) is 0.235. The van der Waals surface area contributed by atoms with Crippen LogP contribution in [0, 0.1) is 0 Å². The van der Waals surface area contributed by atoms with E-state index in [0.29, 0.717) is 12.4 Å². The van der Waals surface area contributed by atoms with E-state index in [1.54, 1.807) is 12.1 Å². The van der Waals surface area contributed by atoms with Gasteiger partial charge in [0.25, 0.3) is 5.91 Å². The summed E-state index contributed by atoms with van der Waals surface area (Å²) in [6.45, 7) is 2.43. The molecule has 0 aliphatic carbocycles. The number of carbonyl (C=O) groups is 1. The minimum Gasteiger partial charge on any atom is -0.494 e. The van der Waals surface area contributed by atoms with E-state index in [2.05, 4.69) is 5.32 Å². The van der Waals surface area contributed by atoms with Gasteiger partial charge in [-0.25, -0.2) is 0 Å². The summed E-state index contributed by atoms with van der Waals surface area (Å²) >= 11 is 5.62. The van der Waals surface area contributed by atoms with Crippen LogP contribution in [0.25, 0.3) is 0 Å². The summed E-state index contributed by atoms with van der Waals surface area (Å²) in [5.41, 5.74) is -1.15. The van der Waals surface area contributed by atoms with Crippen LogP contribution in [-0.4, -0.2) is 12.5 Å². The van der Waals surface area contributed by atoms with Gasteiger partial charge in [0.2, 0.25) is 0 Å². The van der Waals surface area contributed by atoms with Gasteiger partial charge in [-0.15, -0.1) is 0 Å². The number of ether oxygens (including phenoxy) is 1. The fourth-order valence-corrected chi connectivity index (χ4v) is 2.17. The van der Waals surface area contributed by atoms with Crippen LogP contribution in [0.5, 0.6) is 5.75 Å². The van der Waals surface area contributed by atoms with Gasteiger partial charge in [-0.1, -0.05) is 24.6 Å². The lowest BCUT2D eigenvalue weighted by atomic mass is 10.1. The van der Waals surface area contributed by atoms with E-state index >= 15 is 0 Å². The number of rotatable bonds is 5. The summed E-state index contributed by atoms with van der Waals surface area (Å²) in [4.78, 5) is 12.2. The molecule has 0 bridgehead atoms. The average Bonchev–Trinajstić information content (AvgIpc) is 2.54. The summed E-state index contributed by atoms with van der Waals surface area (Å²) in [5.74, 6) is -0.179. The highest BCUT2D eigenvalue weighted by atomic mass is 35.5. The topological polar surface area (TPSA) is 38.3 Å². The van der Waals surface area contributed by atoms with Crippen molar-refractivity contribution in [3.63, 3.8) is 0 Å². The average molecular weight is 358 g/mol. The monoisotopic (exact) mass is 357 g/mol. The molecule has 0 aliphatic rings. The maximum Gasteiger partial charge on any atom is 0.418 e. The molecule has 0 atom stereocenters. The Labute approximate surface area is 142 Å². The molecule has 0 radical (unpaired) electrons. The minimum atomic E-state index is -4.63.